The minimum absolute atomic E-state index is 0.0868. The van der Waals surface area contributed by atoms with Crippen molar-refractivity contribution in [1.29, 1.82) is 0 Å². The summed E-state index contributed by atoms with van der Waals surface area (Å²) in [6.07, 6.45) is 3.21. The number of benzene rings is 1. The van der Waals surface area contributed by atoms with Gasteiger partial charge in [0.15, 0.2) is 6.29 Å². The quantitative estimate of drug-likeness (QED) is 0.809. The van der Waals surface area contributed by atoms with Crippen LogP contribution in [0.4, 0.5) is 0 Å². The summed E-state index contributed by atoms with van der Waals surface area (Å²) in [6.45, 7) is 0.804. The second-order valence-electron chi connectivity index (χ2n) is 3.49. The van der Waals surface area contributed by atoms with Crippen LogP contribution in [0.25, 0.3) is 0 Å². The first-order valence-electron chi connectivity index (χ1n) is 4.99. The fourth-order valence-electron chi connectivity index (χ4n) is 1.52. The van der Waals surface area contributed by atoms with Crippen molar-refractivity contribution in [3.63, 3.8) is 0 Å². The smallest absolute Gasteiger partial charge is 0.199 e. The van der Waals surface area contributed by atoms with Gasteiger partial charge in [0.25, 0.3) is 0 Å². The Morgan fingerprint density at radius 2 is 2.13 bits per heavy atom. The third-order valence-corrected chi connectivity index (χ3v) is 3.40. The highest BCUT2D eigenvalue weighted by Gasteiger charge is 2.16. The lowest BCUT2D eigenvalue weighted by Gasteiger charge is -2.23. The van der Waals surface area contributed by atoms with Gasteiger partial charge < -0.3 is 9.47 Å². The second kappa shape index (κ2) is 5.32. The van der Waals surface area contributed by atoms with Crippen LogP contribution in [0.1, 0.15) is 19.3 Å². The predicted octanol–water partition coefficient (Wildman–Crippen LogP) is 4.12. The van der Waals surface area contributed by atoms with Crippen molar-refractivity contribution in [3.05, 3.63) is 27.1 Å². The summed E-state index contributed by atoms with van der Waals surface area (Å²) in [7, 11) is 0. The summed E-state index contributed by atoms with van der Waals surface area (Å²) in [6, 6.07) is 5.87. The Morgan fingerprint density at radius 3 is 2.80 bits per heavy atom. The lowest BCUT2D eigenvalue weighted by atomic mass is 10.2. The zero-order chi connectivity index (χ0) is 10.7. The molecule has 0 aliphatic carbocycles. The maximum atomic E-state index is 5.75. The lowest BCUT2D eigenvalue weighted by Crippen LogP contribution is -2.25. The molecule has 1 aliphatic rings. The molecule has 1 fully saturated rings. The maximum Gasteiger partial charge on any atom is 0.199 e. The molecule has 2 nitrogen and oxygen atoms in total. The first-order valence-corrected chi connectivity index (χ1v) is 6.57. The molecule has 0 bridgehead atoms. The predicted molar refractivity (Wildman–Crippen MR) is 66.1 cm³/mol. The fourth-order valence-corrected chi connectivity index (χ4v) is 2.66. The number of rotatable bonds is 2. The van der Waals surface area contributed by atoms with Crippen LogP contribution in [0.15, 0.2) is 27.1 Å². The molecule has 1 unspecified atom stereocenters. The van der Waals surface area contributed by atoms with Crippen molar-refractivity contribution < 1.29 is 9.47 Å². The summed E-state index contributed by atoms with van der Waals surface area (Å²) in [5, 5.41) is 0. The molecule has 1 aliphatic heterocycles. The Balaban J connectivity index is 2.03. The Hall–Kier alpha value is -0.0600. The Kier molecular flexibility index (Phi) is 4.05. The highest BCUT2D eigenvalue weighted by atomic mass is 79.9. The van der Waals surface area contributed by atoms with Crippen molar-refractivity contribution in [1.82, 2.24) is 0 Å². The fraction of sp³-hybridized carbons (Fsp3) is 0.455. The molecule has 0 spiro atoms. The first-order chi connectivity index (χ1) is 7.25. The molecule has 4 heteroatoms. The van der Waals surface area contributed by atoms with Crippen LogP contribution in [0, 0.1) is 0 Å². The van der Waals surface area contributed by atoms with Crippen LogP contribution >= 0.6 is 31.9 Å². The van der Waals surface area contributed by atoms with E-state index in [1.54, 1.807) is 0 Å². The van der Waals surface area contributed by atoms with Gasteiger partial charge in [-0.3, -0.25) is 0 Å². The van der Waals surface area contributed by atoms with Crippen LogP contribution < -0.4 is 4.74 Å². The van der Waals surface area contributed by atoms with Gasteiger partial charge in [0, 0.05) is 10.9 Å². The van der Waals surface area contributed by atoms with E-state index in [0.29, 0.717) is 0 Å². The molecule has 2 rings (SSSR count). The summed E-state index contributed by atoms with van der Waals surface area (Å²) in [5.41, 5.74) is 0. The summed E-state index contributed by atoms with van der Waals surface area (Å²) < 4.78 is 13.2. The van der Waals surface area contributed by atoms with E-state index in [4.69, 9.17) is 9.47 Å². The Bertz CT molecular complexity index is 335. The normalized spacial score (nSPS) is 21.3. The second-order valence-corrected chi connectivity index (χ2v) is 5.26. The van der Waals surface area contributed by atoms with E-state index in [1.807, 2.05) is 18.2 Å². The number of halogens is 2. The zero-order valence-electron chi connectivity index (χ0n) is 8.21. The lowest BCUT2D eigenvalue weighted by molar-refractivity contribution is -0.106. The van der Waals surface area contributed by atoms with Gasteiger partial charge in [-0.15, -0.1) is 0 Å². The van der Waals surface area contributed by atoms with E-state index >= 15 is 0 Å². The molecular formula is C11H12Br2O2. The minimum atomic E-state index is -0.0868. The SMILES string of the molecule is Brc1ccc(OC2CCCCO2)c(Br)c1. The number of hydrogen-bond acceptors (Lipinski definition) is 2. The van der Waals surface area contributed by atoms with E-state index in [0.717, 1.165) is 34.1 Å². The largest absolute Gasteiger partial charge is 0.464 e. The van der Waals surface area contributed by atoms with Gasteiger partial charge in [0.05, 0.1) is 11.1 Å². The van der Waals surface area contributed by atoms with Gasteiger partial charge >= 0.3 is 0 Å². The zero-order valence-corrected chi connectivity index (χ0v) is 11.4. The topological polar surface area (TPSA) is 18.5 Å². The molecule has 1 heterocycles. The molecule has 1 aromatic rings. The number of ether oxygens (including phenoxy) is 2. The molecule has 82 valence electrons. The van der Waals surface area contributed by atoms with E-state index in [9.17, 15) is 0 Å². The van der Waals surface area contributed by atoms with Gasteiger partial charge in [0.1, 0.15) is 5.75 Å². The molecule has 0 radical (unpaired) electrons. The minimum Gasteiger partial charge on any atom is -0.464 e. The third kappa shape index (κ3) is 3.20. The van der Waals surface area contributed by atoms with Gasteiger partial charge in [0.2, 0.25) is 0 Å². The Labute approximate surface area is 106 Å². The van der Waals surface area contributed by atoms with E-state index in [1.165, 1.54) is 6.42 Å². The van der Waals surface area contributed by atoms with E-state index in [2.05, 4.69) is 31.9 Å². The van der Waals surface area contributed by atoms with Crippen molar-refractivity contribution in [2.45, 2.75) is 25.6 Å². The van der Waals surface area contributed by atoms with Crippen LogP contribution in [0.2, 0.25) is 0 Å². The maximum absolute atomic E-state index is 5.75. The van der Waals surface area contributed by atoms with E-state index in [-0.39, 0.29) is 6.29 Å². The van der Waals surface area contributed by atoms with Crippen molar-refractivity contribution in [2.75, 3.05) is 6.61 Å². The standard InChI is InChI=1S/C11H12Br2O2/c12-8-4-5-10(9(13)7-8)15-11-3-1-2-6-14-11/h4-5,7,11H,1-3,6H2. The van der Waals surface area contributed by atoms with Crippen LogP contribution in [-0.4, -0.2) is 12.9 Å². The molecular weight excluding hydrogens is 324 g/mol. The summed E-state index contributed by atoms with van der Waals surface area (Å²) in [4.78, 5) is 0. The molecule has 15 heavy (non-hydrogen) atoms. The van der Waals surface area contributed by atoms with Gasteiger partial charge in [-0.1, -0.05) is 15.9 Å². The van der Waals surface area contributed by atoms with Crippen molar-refractivity contribution in [2.24, 2.45) is 0 Å². The van der Waals surface area contributed by atoms with Crippen LogP contribution in [-0.2, 0) is 4.74 Å². The molecule has 0 N–H and O–H groups in total. The monoisotopic (exact) mass is 334 g/mol. The van der Waals surface area contributed by atoms with Crippen LogP contribution in [0.3, 0.4) is 0 Å². The van der Waals surface area contributed by atoms with Crippen LogP contribution in [0.5, 0.6) is 5.75 Å². The van der Waals surface area contributed by atoms with E-state index < -0.39 is 0 Å². The molecule has 1 saturated heterocycles. The highest BCUT2D eigenvalue weighted by Crippen LogP contribution is 2.30. The van der Waals surface area contributed by atoms with Gasteiger partial charge in [-0.25, -0.2) is 0 Å². The van der Waals surface area contributed by atoms with Gasteiger partial charge in [-0.05, 0) is 47.0 Å². The highest BCUT2D eigenvalue weighted by molar-refractivity contribution is 9.11. The van der Waals surface area contributed by atoms with Gasteiger partial charge in [-0.2, -0.15) is 0 Å². The number of hydrogen-bond donors (Lipinski definition) is 0. The molecule has 0 amide bonds. The Morgan fingerprint density at radius 1 is 1.27 bits per heavy atom. The molecule has 1 atom stereocenters. The molecule has 0 saturated carbocycles. The first kappa shape index (κ1) is 11.4. The average molecular weight is 336 g/mol. The average Bonchev–Trinajstić information content (AvgIpc) is 2.24. The van der Waals surface area contributed by atoms with Crippen molar-refractivity contribution >= 4 is 31.9 Å². The third-order valence-electron chi connectivity index (χ3n) is 2.29. The molecule has 0 aromatic heterocycles. The summed E-state index contributed by atoms with van der Waals surface area (Å²) >= 11 is 6.87. The summed E-state index contributed by atoms with van der Waals surface area (Å²) in [5.74, 6) is 0.838. The molecule has 1 aromatic carbocycles. The van der Waals surface area contributed by atoms with Crippen molar-refractivity contribution in [3.8, 4) is 5.75 Å².